The van der Waals surface area contributed by atoms with E-state index in [-0.39, 0.29) is 21.1 Å². The Morgan fingerprint density at radius 1 is 0.652 bits per heavy atom. The van der Waals surface area contributed by atoms with Crippen molar-refractivity contribution in [2.75, 3.05) is 0 Å². The van der Waals surface area contributed by atoms with Gasteiger partial charge in [0.15, 0.2) is 0 Å². The number of nitrogens with zero attached hydrogens (tertiary/aromatic N) is 4. The molecule has 0 aliphatic carbocycles. The van der Waals surface area contributed by atoms with Crippen LogP contribution in [0, 0.1) is 53.7 Å². The van der Waals surface area contributed by atoms with Crippen molar-refractivity contribution < 1.29 is 25.8 Å². The minimum atomic E-state index is 0. The van der Waals surface area contributed by atoms with Crippen molar-refractivity contribution in [2.24, 2.45) is 0 Å². The monoisotopic (exact) mass is 781 g/mol. The maximum absolute atomic E-state index is 6.34. The van der Waals surface area contributed by atoms with E-state index in [1.165, 1.54) is 38.9 Å². The minimum Gasteiger partial charge on any atom is -0.503 e. The normalized spacial score (nSPS) is 11.1. The third-order valence-electron chi connectivity index (χ3n) is 8.17. The van der Waals surface area contributed by atoms with Crippen molar-refractivity contribution in [2.45, 2.75) is 41.5 Å². The van der Waals surface area contributed by atoms with Gasteiger partial charge >= 0.3 is 21.1 Å². The van der Waals surface area contributed by atoms with E-state index in [4.69, 9.17) is 14.8 Å². The zero-order valence-electron chi connectivity index (χ0n) is 26.8. The second-order valence-corrected chi connectivity index (χ2v) is 11.9. The summed E-state index contributed by atoms with van der Waals surface area (Å²) in [5.41, 5.74) is 14.2. The van der Waals surface area contributed by atoms with Gasteiger partial charge in [0.1, 0.15) is 0 Å². The van der Waals surface area contributed by atoms with Crippen LogP contribution in [0.4, 0.5) is 0 Å². The molecular weight excluding hydrogens is 748 g/mol. The van der Waals surface area contributed by atoms with Crippen molar-refractivity contribution in [3.05, 3.63) is 143 Å². The molecule has 0 amide bonds. The molecule has 2 heterocycles. The molecule has 0 fully saturated rings. The molecule has 0 radical (unpaired) electrons. The van der Waals surface area contributed by atoms with Gasteiger partial charge < -0.3 is 9.30 Å². The summed E-state index contributed by atoms with van der Waals surface area (Å²) in [5.74, 6) is 1.99. The summed E-state index contributed by atoms with van der Waals surface area (Å²) >= 11 is 0. The number of rotatable bonds is 6. The van der Waals surface area contributed by atoms with E-state index in [1.54, 1.807) is 0 Å². The summed E-state index contributed by atoms with van der Waals surface area (Å²) in [6.45, 7) is 12.8. The Bertz CT molecular complexity index is 2180. The molecule has 5 aromatic carbocycles. The number of aromatic nitrogens is 4. The summed E-state index contributed by atoms with van der Waals surface area (Å²) in [7, 11) is 0. The summed E-state index contributed by atoms with van der Waals surface area (Å²) < 4.78 is 10.4. The molecule has 0 aliphatic rings. The van der Waals surface area contributed by atoms with Crippen LogP contribution in [-0.4, -0.2) is 19.3 Å². The van der Waals surface area contributed by atoms with Gasteiger partial charge in [-0.25, -0.2) is 0 Å². The van der Waals surface area contributed by atoms with E-state index >= 15 is 0 Å². The molecule has 0 atom stereocenters. The quantitative estimate of drug-likeness (QED) is 0.158. The number of ether oxygens (including phenoxy) is 1. The fourth-order valence-electron chi connectivity index (χ4n) is 6.52. The second-order valence-electron chi connectivity index (χ2n) is 11.9. The van der Waals surface area contributed by atoms with E-state index in [1.807, 2.05) is 59.4 Å². The summed E-state index contributed by atoms with van der Waals surface area (Å²) in [4.78, 5) is 5.07. The van der Waals surface area contributed by atoms with Crippen molar-refractivity contribution in [3.63, 3.8) is 0 Å². The predicted octanol–water partition coefficient (Wildman–Crippen LogP) is 9.79. The van der Waals surface area contributed by atoms with Gasteiger partial charge in [-0.15, -0.1) is 42.0 Å². The van der Waals surface area contributed by atoms with Gasteiger partial charge in [0, 0.05) is 28.9 Å². The average Bonchev–Trinajstić information content (AvgIpc) is 3.63. The molecule has 0 spiro atoms. The number of imidazole rings is 1. The molecule has 0 saturated carbocycles. The van der Waals surface area contributed by atoms with E-state index < -0.39 is 0 Å². The second kappa shape index (κ2) is 12.6. The van der Waals surface area contributed by atoms with Crippen molar-refractivity contribution in [3.8, 4) is 45.5 Å². The Hall–Kier alpha value is -4.73. The van der Waals surface area contributed by atoms with Crippen LogP contribution in [0.15, 0.2) is 97.2 Å². The Balaban J connectivity index is 0.00000372. The molecule has 0 bridgehead atoms. The molecule has 7 rings (SSSR count). The van der Waals surface area contributed by atoms with E-state index in [0.717, 1.165) is 39.5 Å². The van der Waals surface area contributed by atoms with Crippen LogP contribution in [-0.2, 0) is 21.1 Å². The first-order valence-corrected chi connectivity index (χ1v) is 15.2. The largest absolute Gasteiger partial charge is 2.00 e. The predicted molar refractivity (Wildman–Crippen MR) is 182 cm³/mol. The third kappa shape index (κ3) is 5.84. The number of benzene rings is 5. The van der Waals surface area contributed by atoms with Crippen molar-refractivity contribution in [1.29, 1.82) is 0 Å². The van der Waals surface area contributed by atoms with Crippen molar-refractivity contribution in [1.82, 2.24) is 19.3 Å². The Morgan fingerprint density at radius 2 is 1.28 bits per heavy atom. The van der Waals surface area contributed by atoms with Crippen LogP contribution in [0.25, 0.3) is 45.1 Å². The maximum atomic E-state index is 6.34. The molecule has 6 heteroatoms. The maximum Gasteiger partial charge on any atom is 2.00 e. The smallest absolute Gasteiger partial charge is 0.503 e. The molecular formula is C40H34N4OPt. The first-order chi connectivity index (χ1) is 21.7. The molecule has 0 unspecified atom stereocenters. The van der Waals surface area contributed by atoms with Gasteiger partial charge in [0.2, 0.25) is 0 Å². The molecule has 230 valence electrons. The van der Waals surface area contributed by atoms with Crippen molar-refractivity contribution >= 4 is 11.0 Å². The topological polar surface area (TPSA) is 44.9 Å². The van der Waals surface area contributed by atoms with E-state index in [2.05, 4.69) is 101 Å². The molecule has 0 aliphatic heterocycles. The summed E-state index contributed by atoms with van der Waals surface area (Å²) in [6.07, 6.45) is 1.97. The Kier molecular flexibility index (Phi) is 8.55. The van der Waals surface area contributed by atoms with Crippen LogP contribution >= 0.6 is 0 Å². The summed E-state index contributed by atoms with van der Waals surface area (Å²) in [5, 5.41) is 4.89. The molecule has 0 saturated heterocycles. The van der Waals surface area contributed by atoms with Gasteiger partial charge in [0.25, 0.3) is 0 Å². The molecule has 2 aromatic heterocycles. The number of para-hydroxylation sites is 2. The fraction of sp³-hybridized carbons (Fsp3) is 0.150. The van der Waals surface area contributed by atoms with Crippen LogP contribution < -0.4 is 4.74 Å². The van der Waals surface area contributed by atoms with Crippen LogP contribution in [0.1, 0.15) is 33.4 Å². The molecule has 0 N–H and O–H groups in total. The Labute approximate surface area is 284 Å². The van der Waals surface area contributed by atoms with Gasteiger partial charge in [0.05, 0.1) is 22.6 Å². The summed E-state index contributed by atoms with van der Waals surface area (Å²) in [6, 6.07) is 37.8. The standard InChI is InChI=1S/C40H34N4O.Pt/c1-25-19-27(3)38(28(4)20-25)36-17-18-43(42-36)32-12-10-14-34(24-32)45-33-13-9-11-31(23-33)40-41-35-15-7-8-16-37(35)44(40)39-29(5)21-26(2)22-30(39)6;/h7-22H,1-6H3;/q-2;+2. The molecule has 7 aromatic rings. The van der Waals surface area contributed by atoms with Gasteiger partial charge in [-0.3, -0.25) is 9.67 Å². The number of aryl methyl sites for hydroxylation is 6. The minimum absolute atomic E-state index is 0. The number of hydrogen-bond donors (Lipinski definition) is 0. The fourth-order valence-corrected chi connectivity index (χ4v) is 6.52. The SMILES string of the molecule is Cc1cc(C)c(-c2ccn(-c3[c-]c(Oc4[c-]c(-c5nc6ccccc6n5-c5c(C)cc(C)cc5C)ccc4)ccc3)n2)c(C)c1.[Pt+2]. The molecule has 46 heavy (non-hydrogen) atoms. The number of hydrogen-bond acceptors (Lipinski definition) is 3. The first-order valence-electron chi connectivity index (χ1n) is 15.2. The van der Waals surface area contributed by atoms with E-state index in [0.29, 0.717) is 11.5 Å². The van der Waals surface area contributed by atoms with Crippen LogP contribution in [0.5, 0.6) is 11.5 Å². The van der Waals surface area contributed by atoms with Gasteiger partial charge in [-0.05, 0) is 87.7 Å². The zero-order valence-corrected chi connectivity index (χ0v) is 29.0. The van der Waals surface area contributed by atoms with Crippen LogP contribution in [0.2, 0.25) is 0 Å². The number of fused-ring (bicyclic) bond motifs is 1. The van der Waals surface area contributed by atoms with Crippen LogP contribution in [0.3, 0.4) is 0 Å². The van der Waals surface area contributed by atoms with Gasteiger partial charge in [-0.2, -0.15) is 11.2 Å². The first kappa shape index (κ1) is 31.3. The Morgan fingerprint density at radius 3 is 2.00 bits per heavy atom. The third-order valence-corrected chi connectivity index (χ3v) is 8.17. The van der Waals surface area contributed by atoms with E-state index in [9.17, 15) is 0 Å². The molecule has 5 nitrogen and oxygen atoms in total. The van der Waals surface area contributed by atoms with Gasteiger partial charge in [-0.1, -0.05) is 53.6 Å². The average molecular weight is 782 g/mol. The zero-order chi connectivity index (χ0) is 31.2.